The Kier molecular flexibility index (Phi) is 13.0. The summed E-state index contributed by atoms with van der Waals surface area (Å²) < 4.78 is 11.2. The smallest absolute Gasteiger partial charge is 0.229 e. The number of hydrogen-bond donors (Lipinski definition) is 6. The van der Waals surface area contributed by atoms with Crippen LogP contribution in [0.2, 0.25) is 0 Å². The Hall–Kier alpha value is -4.78. The summed E-state index contributed by atoms with van der Waals surface area (Å²) in [6.45, 7) is 3.41. The largest absolute Gasteiger partial charge is 0.496 e. The average molecular weight is 761 g/mol. The van der Waals surface area contributed by atoms with Gasteiger partial charge in [0.25, 0.3) is 0 Å². The highest BCUT2D eigenvalue weighted by Gasteiger charge is 2.31. The molecule has 5 atom stereocenters. The molecule has 0 aliphatic carbocycles. The minimum atomic E-state index is -0.783. The number of benzene rings is 4. The van der Waals surface area contributed by atoms with E-state index in [1.165, 1.54) is 17.5 Å². The first kappa shape index (κ1) is 39.5. The van der Waals surface area contributed by atoms with Crippen LogP contribution in [0.1, 0.15) is 90.1 Å². The molecule has 4 aromatic rings. The van der Waals surface area contributed by atoms with Crippen molar-refractivity contribution < 1.29 is 24.2 Å². The van der Waals surface area contributed by atoms with Crippen molar-refractivity contribution in [1.82, 2.24) is 21.3 Å². The molecule has 2 saturated heterocycles. The van der Waals surface area contributed by atoms with Gasteiger partial charge in [0.05, 0.1) is 26.7 Å². The van der Waals surface area contributed by atoms with E-state index in [-0.39, 0.29) is 24.3 Å². The number of anilines is 2. The van der Waals surface area contributed by atoms with Crippen LogP contribution < -0.4 is 41.0 Å². The van der Waals surface area contributed by atoms with E-state index in [4.69, 9.17) is 9.47 Å². The number of piperidine rings is 2. The van der Waals surface area contributed by atoms with Crippen LogP contribution in [0.4, 0.5) is 11.4 Å². The number of aliphatic hydroxyl groups is 1. The lowest BCUT2D eigenvalue weighted by atomic mass is 9.91. The molecule has 0 saturated carbocycles. The number of methoxy groups -OCH3 is 2. The number of carbonyl (C=O) groups excluding carboxylic acids is 2. The summed E-state index contributed by atoms with van der Waals surface area (Å²) >= 11 is 0. The molecule has 11 nitrogen and oxygen atoms in total. The van der Waals surface area contributed by atoms with E-state index in [0.717, 1.165) is 83.9 Å². The number of aliphatic hydroxyl groups excluding tert-OH is 1. The Morgan fingerprint density at radius 3 is 1.88 bits per heavy atom. The van der Waals surface area contributed by atoms with Crippen LogP contribution in [0.15, 0.2) is 84.9 Å². The van der Waals surface area contributed by atoms with Crippen LogP contribution in [-0.2, 0) is 29.1 Å². The van der Waals surface area contributed by atoms with E-state index in [0.29, 0.717) is 37.6 Å². The van der Waals surface area contributed by atoms with Gasteiger partial charge >= 0.3 is 0 Å². The van der Waals surface area contributed by atoms with E-state index in [9.17, 15) is 14.7 Å². The lowest BCUT2D eigenvalue weighted by molar-refractivity contribution is -0.121. The number of aryl methyl sites for hydroxylation is 1. The molecular formula is C45H56N6O5. The molecule has 4 aliphatic heterocycles. The molecule has 8 rings (SSSR count). The first-order chi connectivity index (χ1) is 27.3. The molecule has 2 fully saturated rings. The Labute approximate surface area is 330 Å². The molecule has 4 aromatic carbocycles. The molecule has 0 aromatic heterocycles. The predicted molar refractivity (Wildman–Crippen MR) is 220 cm³/mol. The van der Waals surface area contributed by atoms with Gasteiger partial charge < -0.3 is 46.1 Å². The summed E-state index contributed by atoms with van der Waals surface area (Å²) in [5.74, 6) is 1.64. The van der Waals surface area contributed by atoms with Gasteiger partial charge in [0, 0.05) is 78.8 Å². The first-order valence-electron chi connectivity index (χ1n) is 20.0. The number of nitrogens with one attached hydrogen (secondary N) is 5. The predicted octanol–water partition coefficient (Wildman–Crippen LogP) is 5.84. The highest BCUT2D eigenvalue weighted by atomic mass is 16.5. The van der Waals surface area contributed by atoms with Gasteiger partial charge in [0.1, 0.15) is 11.5 Å². The quantitative estimate of drug-likeness (QED) is 0.118. The summed E-state index contributed by atoms with van der Waals surface area (Å²) in [7, 11) is 5.11. The van der Waals surface area contributed by atoms with Crippen LogP contribution in [0.5, 0.6) is 11.5 Å². The highest BCUT2D eigenvalue weighted by Crippen LogP contribution is 2.39. The van der Waals surface area contributed by atoms with Crippen LogP contribution in [0.3, 0.4) is 0 Å². The number of amides is 2. The van der Waals surface area contributed by atoms with Gasteiger partial charge in [-0.25, -0.2) is 0 Å². The zero-order chi connectivity index (χ0) is 39.0. The summed E-state index contributed by atoms with van der Waals surface area (Å²) in [6.07, 6.45) is 5.16. The molecule has 6 N–H and O–H groups in total. The second-order valence-corrected chi connectivity index (χ2v) is 15.2. The monoisotopic (exact) mass is 760 g/mol. The van der Waals surface area contributed by atoms with Gasteiger partial charge in [0.15, 0.2) is 0 Å². The average Bonchev–Trinajstić information content (AvgIpc) is 3.24. The molecule has 4 aliphatic rings. The maximum Gasteiger partial charge on any atom is 0.229 e. The number of rotatable bonds is 10. The number of carbonyl (C=O) groups is 2. The van der Waals surface area contributed by atoms with Crippen molar-refractivity contribution in [2.24, 2.45) is 0 Å². The van der Waals surface area contributed by atoms with Crippen LogP contribution >= 0.6 is 0 Å². The molecule has 0 radical (unpaired) electrons. The first-order valence-corrected chi connectivity index (χ1v) is 20.0. The van der Waals surface area contributed by atoms with Crippen molar-refractivity contribution in [1.29, 1.82) is 0 Å². The molecular weight excluding hydrogens is 705 g/mol. The van der Waals surface area contributed by atoms with E-state index >= 15 is 0 Å². The number of fused-ring (bicyclic) bond motifs is 2. The van der Waals surface area contributed by atoms with Crippen molar-refractivity contribution in [3.8, 4) is 11.5 Å². The van der Waals surface area contributed by atoms with Crippen LogP contribution in [0.25, 0.3) is 0 Å². The van der Waals surface area contributed by atoms with Gasteiger partial charge in [0.2, 0.25) is 11.8 Å². The number of ether oxygens (including phenoxy) is 2. The molecule has 11 heteroatoms. The van der Waals surface area contributed by atoms with Crippen molar-refractivity contribution in [3.63, 3.8) is 0 Å². The zero-order valence-corrected chi connectivity index (χ0v) is 32.8. The molecule has 4 heterocycles. The SMILES string of the molecule is COc1cc2c(cc1CNC1CCCN[C@H]1c1ccccc1)N(C)C(=O)CC2O.COc1cc2c(cc1CNC1CCCN[C@H]1c1ccccc1)NC(=O)CC2. The Morgan fingerprint density at radius 2 is 1.30 bits per heavy atom. The molecule has 3 unspecified atom stereocenters. The third-order valence-corrected chi connectivity index (χ3v) is 11.6. The lowest BCUT2D eigenvalue weighted by Crippen LogP contribution is -2.45. The standard InChI is InChI=1S/C23H29N3O3.C22H27N3O2/c1-26-19-11-16(21(29-2)12-17(19)20(27)13-22(26)28)14-25-18-9-6-10-24-23(18)15-7-4-3-5-8-15;1-27-20-13-16-9-10-21(26)25-19(16)12-17(20)14-24-18-8-5-11-23-22(18)15-6-3-2-4-7-15/h3-5,7-8,11-12,18,20,23-25,27H,6,9-10,13-14H2,1-2H3;2-4,6-7,12-13,18,22-24H,5,8-11,14H2,1H3,(H,25,26)/t18?,20?,23-;18?,22-/m00/s1. The summed E-state index contributed by atoms with van der Waals surface area (Å²) in [5, 5.41) is 28.0. The molecule has 2 amide bonds. The molecule has 0 spiro atoms. The normalized spacial score (nSPS) is 23.2. The Morgan fingerprint density at radius 1 is 0.750 bits per heavy atom. The fourth-order valence-electron chi connectivity index (χ4n) is 8.56. The highest BCUT2D eigenvalue weighted by molar-refractivity contribution is 5.97. The molecule has 0 bridgehead atoms. The van der Waals surface area contributed by atoms with Gasteiger partial charge in [-0.05, 0) is 86.1 Å². The van der Waals surface area contributed by atoms with E-state index in [1.807, 2.05) is 18.2 Å². The van der Waals surface area contributed by atoms with E-state index in [1.54, 1.807) is 26.2 Å². The van der Waals surface area contributed by atoms with Crippen molar-refractivity contribution in [3.05, 3.63) is 118 Å². The second kappa shape index (κ2) is 18.4. The van der Waals surface area contributed by atoms with E-state index in [2.05, 4.69) is 93.3 Å². The molecule has 296 valence electrons. The van der Waals surface area contributed by atoms with Crippen LogP contribution in [0, 0.1) is 0 Å². The number of nitrogens with zero attached hydrogens (tertiary/aromatic N) is 1. The third kappa shape index (κ3) is 9.09. The fraction of sp³-hybridized carbons (Fsp3) is 0.422. The maximum absolute atomic E-state index is 12.1. The summed E-state index contributed by atoms with van der Waals surface area (Å²) in [6, 6.07) is 30.3. The molecule has 56 heavy (non-hydrogen) atoms. The maximum atomic E-state index is 12.1. The minimum absolute atomic E-state index is 0.0744. The van der Waals surface area contributed by atoms with Gasteiger partial charge in [-0.3, -0.25) is 9.59 Å². The number of hydrogen-bond acceptors (Lipinski definition) is 9. The van der Waals surface area contributed by atoms with Crippen molar-refractivity contribution >= 4 is 23.2 Å². The van der Waals surface area contributed by atoms with Crippen molar-refractivity contribution in [2.75, 3.05) is 44.6 Å². The van der Waals surface area contributed by atoms with Gasteiger partial charge in [-0.2, -0.15) is 0 Å². The Bertz CT molecular complexity index is 1960. The fourth-order valence-corrected chi connectivity index (χ4v) is 8.56. The Balaban J connectivity index is 0.000000172. The topological polar surface area (TPSA) is 136 Å². The van der Waals surface area contributed by atoms with Gasteiger partial charge in [-0.15, -0.1) is 0 Å². The van der Waals surface area contributed by atoms with Crippen LogP contribution in [-0.4, -0.2) is 63.4 Å². The third-order valence-electron chi connectivity index (χ3n) is 11.6. The second-order valence-electron chi connectivity index (χ2n) is 15.2. The zero-order valence-electron chi connectivity index (χ0n) is 32.8. The van der Waals surface area contributed by atoms with Gasteiger partial charge in [-0.1, -0.05) is 60.7 Å². The van der Waals surface area contributed by atoms with Crippen molar-refractivity contribution in [2.45, 2.75) is 88.3 Å². The summed E-state index contributed by atoms with van der Waals surface area (Å²) in [4.78, 5) is 25.5. The summed E-state index contributed by atoms with van der Waals surface area (Å²) in [5.41, 5.74) is 8.24. The minimum Gasteiger partial charge on any atom is -0.496 e. The lowest BCUT2D eigenvalue weighted by Gasteiger charge is -2.34. The van der Waals surface area contributed by atoms with E-state index < -0.39 is 6.10 Å².